The van der Waals surface area contributed by atoms with Gasteiger partial charge in [0.1, 0.15) is 0 Å². The monoisotopic (exact) mass is 551 g/mol. The molecule has 0 radical (unpaired) electrons. The Morgan fingerprint density at radius 2 is 1.00 bits per heavy atom. The molecule has 9 rings (SSSR count). The smallest absolute Gasteiger partial charge is 0.0548 e. The normalized spacial score (nSPS) is 11.8. The van der Waals surface area contributed by atoms with Gasteiger partial charge in [-0.2, -0.15) is 0 Å². The summed E-state index contributed by atoms with van der Waals surface area (Å²) in [4.78, 5) is 0. The van der Waals surface area contributed by atoms with Crippen LogP contribution in [0, 0.1) is 0 Å². The third-order valence-corrected chi connectivity index (χ3v) is 9.65. The van der Waals surface area contributed by atoms with Gasteiger partial charge in [0.05, 0.1) is 11.0 Å². The van der Waals surface area contributed by atoms with E-state index in [2.05, 4.69) is 156 Å². The van der Waals surface area contributed by atoms with Crippen molar-refractivity contribution in [1.82, 2.24) is 4.57 Å². The van der Waals surface area contributed by atoms with Crippen LogP contribution in [0.5, 0.6) is 0 Å². The number of hydrogen-bond acceptors (Lipinski definition) is 1. The van der Waals surface area contributed by atoms with Crippen molar-refractivity contribution >= 4 is 64.1 Å². The molecular formula is C40H25NS. The Hall–Kier alpha value is -5.18. The highest BCUT2D eigenvalue weighted by molar-refractivity contribution is 7.26. The van der Waals surface area contributed by atoms with Crippen LogP contribution in [0.3, 0.4) is 0 Å². The van der Waals surface area contributed by atoms with Gasteiger partial charge >= 0.3 is 0 Å². The molecule has 0 aliphatic carbocycles. The summed E-state index contributed by atoms with van der Waals surface area (Å²) >= 11 is 1.90. The lowest BCUT2D eigenvalue weighted by Gasteiger charge is -2.14. The molecule has 0 saturated carbocycles. The number of hydrogen-bond donors (Lipinski definition) is 0. The molecule has 0 fully saturated rings. The van der Waals surface area contributed by atoms with Gasteiger partial charge in [-0.1, -0.05) is 103 Å². The zero-order valence-corrected chi connectivity index (χ0v) is 23.6. The van der Waals surface area contributed by atoms with Gasteiger partial charge < -0.3 is 4.57 Å². The summed E-state index contributed by atoms with van der Waals surface area (Å²) in [6.45, 7) is 0. The van der Waals surface area contributed by atoms with Gasteiger partial charge in [0, 0.05) is 36.6 Å². The molecule has 0 amide bonds. The summed E-state index contributed by atoms with van der Waals surface area (Å²) in [5, 5.41) is 7.89. The van der Waals surface area contributed by atoms with E-state index in [9.17, 15) is 0 Å². The molecule has 0 unspecified atom stereocenters. The minimum absolute atomic E-state index is 1.17. The van der Waals surface area contributed by atoms with Gasteiger partial charge in [0.2, 0.25) is 0 Å². The summed E-state index contributed by atoms with van der Waals surface area (Å²) in [6, 6.07) is 55.4. The molecule has 0 atom stereocenters. The Bertz CT molecular complexity index is 2390. The van der Waals surface area contributed by atoms with E-state index in [0.29, 0.717) is 0 Å². The third kappa shape index (κ3) is 3.56. The second-order valence-electron chi connectivity index (χ2n) is 11.0. The van der Waals surface area contributed by atoms with E-state index in [4.69, 9.17) is 0 Å². The lowest BCUT2D eigenvalue weighted by molar-refractivity contribution is 1.18. The van der Waals surface area contributed by atoms with E-state index >= 15 is 0 Å². The van der Waals surface area contributed by atoms with Crippen molar-refractivity contribution in [2.45, 2.75) is 0 Å². The van der Waals surface area contributed by atoms with Crippen molar-refractivity contribution in [3.05, 3.63) is 152 Å². The molecular weight excluding hydrogens is 527 g/mol. The van der Waals surface area contributed by atoms with Crippen LogP contribution in [0.25, 0.3) is 80.7 Å². The van der Waals surface area contributed by atoms with Crippen LogP contribution in [0.2, 0.25) is 0 Å². The lowest BCUT2D eigenvalue weighted by atomic mass is 9.98. The molecule has 42 heavy (non-hydrogen) atoms. The van der Waals surface area contributed by atoms with Crippen molar-refractivity contribution < 1.29 is 0 Å². The fraction of sp³-hybridized carbons (Fsp3) is 0. The van der Waals surface area contributed by atoms with Crippen molar-refractivity contribution in [3.63, 3.8) is 0 Å². The summed E-state index contributed by atoms with van der Waals surface area (Å²) in [5.41, 5.74) is 8.50. The van der Waals surface area contributed by atoms with E-state index in [0.717, 1.165) is 0 Å². The van der Waals surface area contributed by atoms with E-state index in [1.807, 2.05) is 11.3 Å². The maximum atomic E-state index is 2.47. The molecule has 0 spiro atoms. The highest BCUT2D eigenvalue weighted by Crippen LogP contribution is 2.45. The second-order valence-corrected chi connectivity index (χ2v) is 12.1. The van der Waals surface area contributed by atoms with E-state index in [1.165, 1.54) is 80.7 Å². The first-order valence-electron chi connectivity index (χ1n) is 14.4. The van der Waals surface area contributed by atoms with Gasteiger partial charge in [-0.05, 0) is 81.6 Å². The first-order chi connectivity index (χ1) is 20.8. The molecule has 0 aliphatic heterocycles. The topological polar surface area (TPSA) is 4.93 Å². The first-order valence-corrected chi connectivity index (χ1v) is 15.2. The zero-order chi connectivity index (χ0) is 27.6. The predicted octanol–water partition coefficient (Wildman–Crippen LogP) is 11.6. The number of benzene rings is 7. The van der Waals surface area contributed by atoms with Crippen LogP contribution >= 0.6 is 11.3 Å². The van der Waals surface area contributed by atoms with Crippen LogP contribution in [0.15, 0.2) is 152 Å². The van der Waals surface area contributed by atoms with Crippen molar-refractivity contribution in [2.75, 3.05) is 0 Å². The van der Waals surface area contributed by atoms with Gasteiger partial charge in [0.25, 0.3) is 0 Å². The SMILES string of the molecule is c1ccc(-c2cc(-c3ccccc3)cc(-n3c4ccccc4c4c5c(ccc43)sc3cc4ccccc4cc35)c2)cc1. The van der Waals surface area contributed by atoms with Crippen LogP contribution in [-0.4, -0.2) is 4.57 Å². The average molecular weight is 552 g/mol. The molecule has 1 nitrogen and oxygen atoms in total. The number of nitrogens with zero attached hydrogens (tertiary/aromatic N) is 1. The van der Waals surface area contributed by atoms with Crippen molar-refractivity contribution in [2.24, 2.45) is 0 Å². The maximum absolute atomic E-state index is 2.47. The number of thiophene rings is 1. The number of para-hydroxylation sites is 1. The average Bonchev–Trinajstić information content (AvgIpc) is 3.59. The Kier molecular flexibility index (Phi) is 5.13. The van der Waals surface area contributed by atoms with E-state index in [-0.39, 0.29) is 0 Å². The molecule has 9 aromatic rings. The summed E-state index contributed by atoms with van der Waals surface area (Å²) in [7, 11) is 0. The van der Waals surface area contributed by atoms with Gasteiger partial charge in [0.15, 0.2) is 0 Å². The van der Waals surface area contributed by atoms with Gasteiger partial charge in [-0.25, -0.2) is 0 Å². The lowest BCUT2D eigenvalue weighted by Crippen LogP contribution is -1.96. The second kappa shape index (κ2) is 9.17. The quantitative estimate of drug-likeness (QED) is 0.206. The number of fused-ring (bicyclic) bond motifs is 8. The van der Waals surface area contributed by atoms with E-state index in [1.54, 1.807) is 0 Å². The summed E-state index contributed by atoms with van der Waals surface area (Å²) in [5.74, 6) is 0. The molecule has 0 N–H and O–H groups in total. The minimum atomic E-state index is 1.17. The molecule has 0 aliphatic rings. The van der Waals surface area contributed by atoms with Crippen LogP contribution < -0.4 is 0 Å². The largest absolute Gasteiger partial charge is 0.309 e. The van der Waals surface area contributed by atoms with Crippen molar-refractivity contribution in [1.29, 1.82) is 0 Å². The zero-order valence-electron chi connectivity index (χ0n) is 22.8. The van der Waals surface area contributed by atoms with Gasteiger partial charge in [-0.15, -0.1) is 11.3 Å². The predicted molar refractivity (Wildman–Crippen MR) is 182 cm³/mol. The van der Waals surface area contributed by atoms with Crippen molar-refractivity contribution in [3.8, 4) is 27.9 Å². The molecule has 2 heterocycles. The molecule has 2 heteroatoms. The fourth-order valence-electron chi connectivity index (χ4n) is 6.62. The first kappa shape index (κ1) is 23.5. The molecule has 196 valence electrons. The Balaban J connectivity index is 1.40. The highest BCUT2D eigenvalue weighted by atomic mass is 32.1. The highest BCUT2D eigenvalue weighted by Gasteiger charge is 2.19. The molecule has 7 aromatic carbocycles. The molecule has 0 bridgehead atoms. The standard InChI is InChI=1S/C40H25NS/c1-3-11-26(12-4-1)30-21-31(27-13-5-2-6-14-27)23-32(22-30)41-35-18-10-9-17-33(35)39-36(41)19-20-37-40(39)34-24-28-15-7-8-16-29(28)25-38(34)42-37/h1-25H. The Labute approximate surface area is 247 Å². The van der Waals surface area contributed by atoms with Crippen LogP contribution in [0.4, 0.5) is 0 Å². The third-order valence-electron chi connectivity index (χ3n) is 8.53. The molecule has 2 aromatic heterocycles. The van der Waals surface area contributed by atoms with Crippen LogP contribution in [0.1, 0.15) is 0 Å². The maximum Gasteiger partial charge on any atom is 0.0548 e. The summed E-state index contributed by atoms with van der Waals surface area (Å²) < 4.78 is 5.14. The van der Waals surface area contributed by atoms with E-state index < -0.39 is 0 Å². The summed E-state index contributed by atoms with van der Waals surface area (Å²) in [6.07, 6.45) is 0. The fourth-order valence-corrected chi connectivity index (χ4v) is 7.77. The van der Waals surface area contributed by atoms with Gasteiger partial charge in [-0.3, -0.25) is 0 Å². The molecule has 0 saturated heterocycles. The number of aromatic nitrogens is 1. The van der Waals surface area contributed by atoms with Crippen LogP contribution in [-0.2, 0) is 0 Å². The minimum Gasteiger partial charge on any atom is -0.309 e. The Morgan fingerprint density at radius 1 is 0.381 bits per heavy atom. The number of rotatable bonds is 3. The Morgan fingerprint density at radius 3 is 1.71 bits per heavy atom.